The highest BCUT2D eigenvalue weighted by atomic mass is 28.4. The Morgan fingerprint density at radius 1 is 0.821 bits per heavy atom. The summed E-state index contributed by atoms with van der Waals surface area (Å²) in [4.78, 5) is 12.1. The first kappa shape index (κ1) is 37.8. The Labute approximate surface area is 244 Å². The third-order valence-electron chi connectivity index (χ3n) is 8.55. The van der Waals surface area contributed by atoms with Gasteiger partial charge in [-0.15, -0.1) is 0 Å². The van der Waals surface area contributed by atoms with Crippen molar-refractivity contribution in [3.8, 4) is 0 Å². The van der Waals surface area contributed by atoms with Gasteiger partial charge in [-0.05, 0) is 89.3 Å². The van der Waals surface area contributed by atoms with Gasteiger partial charge < -0.3 is 13.6 Å². The van der Waals surface area contributed by atoms with E-state index in [9.17, 15) is 4.79 Å². The maximum Gasteiger partial charge on any atom is 0.330 e. The third kappa shape index (κ3) is 12.9. The minimum Gasteiger partial charge on any atom is -0.463 e. The molecule has 0 aliphatic carbocycles. The summed E-state index contributed by atoms with van der Waals surface area (Å²) in [6, 6.07) is 0. The molecule has 0 aromatic heterocycles. The molecular weight excluding hydrogens is 517 g/mol. The number of hydrogen-bond donors (Lipinski definition) is 0. The molecule has 0 heterocycles. The number of carbonyl (C=O) groups excluding carboxylic acids is 1. The van der Waals surface area contributed by atoms with E-state index in [1.54, 1.807) is 6.08 Å². The predicted molar refractivity (Wildman–Crippen MR) is 175 cm³/mol. The van der Waals surface area contributed by atoms with Crippen molar-refractivity contribution < 1.29 is 18.4 Å². The fourth-order valence-electron chi connectivity index (χ4n) is 3.52. The molecule has 226 valence electrons. The van der Waals surface area contributed by atoms with Crippen LogP contribution < -0.4 is 0 Å². The van der Waals surface area contributed by atoms with E-state index in [2.05, 4.69) is 121 Å². The van der Waals surface area contributed by atoms with Crippen LogP contribution in [-0.4, -0.2) is 41.4 Å². The Hall–Kier alpha value is -1.22. The zero-order valence-corrected chi connectivity index (χ0v) is 30.6. The van der Waals surface area contributed by atoms with E-state index < -0.39 is 16.6 Å². The molecule has 0 spiro atoms. The summed E-state index contributed by atoms with van der Waals surface area (Å²) >= 11 is 0. The Morgan fingerprint density at radius 3 is 1.74 bits per heavy atom. The number of hydrogen-bond acceptors (Lipinski definition) is 4. The normalized spacial score (nSPS) is 16.7. The minimum absolute atomic E-state index is 0.0198. The monoisotopic (exact) mass is 578 g/mol. The van der Waals surface area contributed by atoms with Crippen LogP contribution in [0.2, 0.25) is 36.3 Å². The molecule has 0 amide bonds. The van der Waals surface area contributed by atoms with E-state index in [1.165, 1.54) is 22.3 Å². The van der Waals surface area contributed by atoms with Crippen LogP contribution in [0.15, 0.2) is 46.6 Å². The minimum atomic E-state index is -2.10. The largest absolute Gasteiger partial charge is 0.463 e. The van der Waals surface area contributed by atoms with Gasteiger partial charge >= 0.3 is 5.97 Å². The average Bonchev–Trinajstić information content (AvgIpc) is 2.74. The highest BCUT2D eigenvalue weighted by Gasteiger charge is 2.43. The second-order valence-electron chi connectivity index (χ2n) is 14.4. The molecule has 0 bridgehead atoms. The fraction of sp³-hybridized carbons (Fsp3) is 0.727. The molecule has 0 unspecified atom stereocenters. The molecule has 0 radical (unpaired) electrons. The molecule has 4 nitrogen and oxygen atoms in total. The van der Waals surface area contributed by atoms with Gasteiger partial charge in [0.2, 0.25) is 0 Å². The van der Waals surface area contributed by atoms with Gasteiger partial charge in [0.1, 0.15) is 0 Å². The predicted octanol–water partition coefficient (Wildman–Crippen LogP) is 10.2. The second kappa shape index (κ2) is 15.1. The maximum atomic E-state index is 12.1. The van der Waals surface area contributed by atoms with Crippen molar-refractivity contribution in [1.29, 1.82) is 0 Å². The van der Waals surface area contributed by atoms with Crippen molar-refractivity contribution in [2.24, 2.45) is 5.92 Å². The topological polar surface area (TPSA) is 44.8 Å². The number of rotatable bonds is 13. The van der Waals surface area contributed by atoms with Crippen molar-refractivity contribution in [1.82, 2.24) is 0 Å². The van der Waals surface area contributed by atoms with Gasteiger partial charge in [-0.1, -0.05) is 83.4 Å². The van der Waals surface area contributed by atoms with Crippen molar-refractivity contribution in [3.63, 3.8) is 0 Å². The van der Waals surface area contributed by atoms with Gasteiger partial charge in [0, 0.05) is 12.5 Å². The van der Waals surface area contributed by atoms with Crippen LogP contribution >= 0.6 is 0 Å². The van der Waals surface area contributed by atoms with Crippen molar-refractivity contribution in [2.75, 3.05) is 6.61 Å². The Balaban J connectivity index is 6.68. The average molecular weight is 579 g/mol. The molecule has 0 aromatic carbocycles. The molecule has 0 rings (SSSR count). The van der Waals surface area contributed by atoms with E-state index >= 15 is 0 Å². The first-order valence-electron chi connectivity index (χ1n) is 14.7. The van der Waals surface area contributed by atoms with Gasteiger partial charge in [-0.3, -0.25) is 0 Å². The van der Waals surface area contributed by atoms with E-state index in [-0.39, 0.29) is 34.2 Å². The molecular formula is C33H62O4Si2. The van der Waals surface area contributed by atoms with Crippen LogP contribution in [0.1, 0.15) is 96.4 Å². The van der Waals surface area contributed by atoms with Crippen molar-refractivity contribution >= 4 is 22.6 Å². The molecule has 0 N–H and O–H groups in total. The molecule has 0 aliphatic heterocycles. The molecule has 3 atom stereocenters. The molecule has 39 heavy (non-hydrogen) atoms. The second-order valence-corrected chi connectivity index (χ2v) is 24.0. The number of ether oxygens (including phenoxy) is 1. The highest BCUT2D eigenvalue weighted by Crippen LogP contribution is 2.41. The van der Waals surface area contributed by atoms with E-state index in [0.29, 0.717) is 6.61 Å². The van der Waals surface area contributed by atoms with Gasteiger partial charge in [-0.25, -0.2) is 4.79 Å². The van der Waals surface area contributed by atoms with Crippen LogP contribution in [0, 0.1) is 5.92 Å². The molecule has 6 heteroatoms. The number of esters is 1. The number of allylic oxidation sites excluding steroid dienone is 5. The first-order chi connectivity index (χ1) is 17.4. The molecule has 0 saturated heterocycles. The molecule has 0 aliphatic rings. The third-order valence-corrected chi connectivity index (χ3v) is 17.5. The first-order valence-corrected chi connectivity index (χ1v) is 20.5. The lowest BCUT2D eigenvalue weighted by Gasteiger charge is -2.44. The lowest BCUT2D eigenvalue weighted by molar-refractivity contribution is -0.137. The van der Waals surface area contributed by atoms with Crippen LogP contribution in [0.3, 0.4) is 0 Å². The Morgan fingerprint density at radius 2 is 1.31 bits per heavy atom. The van der Waals surface area contributed by atoms with Gasteiger partial charge in [0.25, 0.3) is 0 Å². The van der Waals surface area contributed by atoms with Crippen LogP contribution in [0.4, 0.5) is 0 Å². The van der Waals surface area contributed by atoms with Gasteiger partial charge in [-0.2, -0.15) is 0 Å². The maximum absolute atomic E-state index is 12.1. The van der Waals surface area contributed by atoms with Gasteiger partial charge in [0.15, 0.2) is 16.6 Å². The van der Waals surface area contributed by atoms with Crippen LogP contribution in [0.5, 0.6) is 0 Å². The van der Waals surface area contributed by atoms with Crippen LogP contribution in [0.25, 0.3) is 0 Å². The summed E-state index contributed by atoms with van der Waals surface area (Å²) < 4.78 is 19.3. The quantitative estimate of drug-likeness (QED) is 0.0944. The summed E-state index contributed by atoms with van der Waals surface area (Å²) in [5, 5.41) is 0.151. The Kier molecular flexibility index (Phi) is 14.7. The summed E-state index contributed by atoms with van der Waals surface area (Å²) in [6.45, 7) is 38.0. The lowest BCUT2D eigenvalue weighted by Crippen LogP contribution is -2.48. The molecule has 0 saturated carbocycles. The molecule has 0 fully saturated rings. The standard InChI is InChI=1S/C33H62O4Si2/c1-18-35-31(34)20-19-26(5)29(36-38(14,15)32(8,9)10)23-30(37-39(16,17)33(11,12)13)28(7)22-25(4)21-27(6)24(2)3/h19-22,26,29-30H,18,23H2,1-17H3/b20-19+,25-21+,28-22+/t26-,29-,30-/m1/s1. The van der Waals surface area contributed by atoms with Crippen LogP contribution in [-0.2, 0) is 18.4 Å². The fourth-order valence-corrected chi connectivity index (χ4v) is 6.29. The lowest BCUT2D eigenvalue weighted by atomic mass is 9.95. The van der Waals surface area contributed by atoms with Crippen molar-refractivity contribution in [2.45, 2.75) is 145 Å². The summed E-state index contributed by atoms with van der Waals surface area (Å²) in [6.07, 6.45) is 8.56. The smallest absolute Gasteiger partial charge is 0.330 e. The van der Waals surface area contributed by atoms with E-state index in [4.69, 9.17) is 13.6 Å². The zero-order chi connectivity index (χ0) is 31.0. The highest BCUT2D eigenvalue weighted by molar-refractivity contribution is 6.74. The number of carbonyl (C=O) groups is 1. The SMILES string of the molecule is CCOC(=O)/C=C/[C@@H](C)[C@@H](C[C@@H](O[Si](C)(C)C(C)(C)C)/C(C)=C/C(C)=C/C(C)=C(C)C)O[Si](C)(C)C(C)(C)C. The summed E-state index contributed by atoms with van der Waals surface area (Å²) in [5.41, 5.74) is 5.03. The summed E-state index contributed by atoms with van der Waals surface area (Å²) in [7, 11) is -4.18. The van der Waals surface area contributed by atoms with Crippen molar-refractivity contribution in [3.05, 3.63) is 46.6 Å². The van der Waals surface area contributed by atoms with E-state index in [1.807, 2.05) is 13.0 Å². The van der Waals surface area contributed by atoms with E-state index in [0.717, 1.165) is 6.42 Å². The van der Waals surface area contributed by atoms with Gasteiger partial charge in [0.05, 0.1) is 18.8 Å². The summed E-state index contributed by atoms with van der Waals surface area (Å²) in [5.74, 6) is -0.289. The Bertz CT molecular complexity index is 920. The zero-order valence-electron chi connectivity index (χ0n) is 28.6. The molecule has 0 aromatic rings.